The summed E-state index contributed by atoms with van der Waals surface area (Å²) in [6, 6.07) is 0. The smallest absolute Gasteiger partial charge is 0.303 e. The molecule has 1 atom stereocenters. The maximum absolute atomic E-state index is 10.8. The van der Waals surface area contributed by atoms with Crippen molar-refractivity contribution in [1.29, 1.82) is 0 Å². The standard InChI is InChI=1S/C12H18O2/c1-6-12(5,14-11(4)13)9-7-8-10(2)3/h6-8H,1-2,9H2,3-5H3/b8-7+/t12-/m0/s1. The molecule has 0 spiro atoms. The predicted octanol–water partition coefficient (Wildman–Crippen LogP) is 3.02. The quantitative estimate of drug-likeness (QED) is 0.382. The van der Waals surface area contributed by atoms with Crippen LogP contribution in [0.3, 0.4) is 0 Å². The number of ether oxygens (including phenoxy) is 1. The Morgan fingerprint density at radius 1 is 1.50 bits per heavy atom. The van der Waals surface area contributed by atoms with Gasteiger partial charge in [-0.1, -0.05) is 30.9 Å². The van der Waals surface area contributed by atoms with E-state index in [1.165, 1.54) is 6.92 Å². The van der Waals surface area contributed by atoms with Crippen molar-refractivity contribution in [3.63, 3.8) is 0 Å². The zero-order valence-electron chi connectivity index (χ0n) is 9.17. The average Bonchev–Trinajstić information content (AvgIpc) is 2.02. The monoisotopic (exact) mass is 194 g/mol. The van der Waals surface area contributed by atoms with Crippen molar-refractivity contribution in [2.45, 2.75) is 32.8 Å². The van der Waals surface area contributed by atoms with Gasteiger partial charge in [-0.15, -0.1) is 0 Å². The van der Waals surface area contributed by atoms with Gasteiger partial charge in [0.25, 0.3) is 0 Å². The topological polar surface area (TPSA) is 26.3 Å². The van der Waals surface area contributed by atoms with Crippen LogP contribution >= 0.6 is 0 Å². The second kappa shape index (κ2) is 5.43. The van der Waals surface area contributed by atoms with Gasteiger partial charge in [-0.25, -0.2) is 0 Å². The second-order valence-electron chi connectivity index (χ2n) is 3.56. The van der Waals surface area contributed by atoms with Crippen molar-refractivity contribution in [3.8, 4) is 0 Å². The van der Waals surface area contributed by atoms with Crippen molar-refractivity contribution in [3.05, 3.63) is 37.0 Å². The van der Waals surface area contributed by atoms with Crippen LogP contribution in [0.4, 0.5) is 0 Å². The Kier molecular flexibility index (Phi) is 4.92. The highest BCUT2D eigenvalue weighted by Crippen LogP contribution is 2.18. The van der Waals surface area contributed by atoms with Crippen LogP contribution in [0, 0.1) is 0 Å². The molecule has 0 aliphatic carbocycles. The molecule has 0 aromatic heterocycles. The maximum Gasteiger partial charge on any atom is 0.303 e. The Bertz CT molecular complexity index is 263. The molecule has 2 heteroatoms. The molecule has 0 saturated heterocycles. The van der Waals surface area contributed by atoms with E-state index in [0.717, 1.165) is 5.57 Å². The fraction of sp³-hybridized carbons (Fsp3) is 0.417. The highest BCUT2D eigenvalue weighted by atomic mass is 16.6. The third kappa shape index (κ3) is 5.36. The number of rotatable bonds is 5. The van der Waals surface area contributed by atoms with Crippen molar-refractivity contribution in [1.82, 2.24) is 0 Å². The molecule has 2 nitrogen and oxygen atoms in total. The van der Waals surface area contributed by atoms with Crippen molar-refractivity contribution >= 4 is 5.97 Å². The molecule has 0 N–H and O–H groups in total. The number of carbonyl (C=O) groups is 1. The number of carbonyl (C=O) groups excluding carboxylic acids is 1. The first-order valence-corrected chi connectivity index (χ1v) is 4.55. The summed E-state index contributed by atoms with van der Waals surface area (Å²) in [4.78, 5) is 10.8. The lowest BCUT2D eigenvalue weighted by Crippen LogP contribution is -2.27. The summed E-state index contributed by atoms with van der Waals surface area (Å²) < 4.78 is 5.13. The highest BCUT2D eigenvalue weighted by molar-refractivity contribution is 5.66. The first kappa shape index (κ1) is 12.7. The van der Waals surface area contributed by atoms with Gasteiger partial charge in [0, 0.05) is 13.3 Å². The molecular weight excluding hydrogens is 176 g/mol. The van der Waals surface area contributed by atoms with Gasteiger partial charge in [-0.05, 0) is 19.9 Å². The van der Waals surface area contributed by atoms with E-state index in [4.69, 9.17) is 4.74 Å². The number of hydrogen-bond donors (Lipinski definition) is 0. The summed E-state index contributed by atoms with van der Waals surface area (Å²) in [5, 5.41) is 0. The molecule has 0 aromatic carbocycles. The van der Waals surface area contributed by atoms with Crippen molar-refractivity contribution in [2.24, 2.45) is 0 Å². The van der Waals surface area contributed by atoms with Gasteiger partial charge in [0.05, 0.1) is 0 Å². The van der Waals surface area contributed by atoms with Crippen LogP contribution in [-0.4, -0.2) is 11.6 Å². The number of allylic oxidation sites excluding steroid dienone is 2. The van der Waals surface area contributed by atoms with Crippen LogP contribution in [-0.2, 0) is 9.53 Å². The van der Waals surface area contributed by atoms with Crippen LogP contribution in [0.1, 0.15) is 27.2 Å². The molecule has 0 aromatic rings. The first-order chi connectivity index (χ1) is 6.39. The lowest BCUT2D eigenvalue weighted by atomic mass is 10.0. The minimum atomic E-state index is -0.613. The molecule has 0 amide bonds. The Morgan fingerprint density at radius 3 is 2.43 bits per heavy atom. The predicted molar refractivity (Wildman–Crippen MR) is 58.9 cm³/mol. The normalized spacial score (nSPS) is 14.8. The summed E-state index contributed by atoms with van der Waals surface area (Å²) in [5.74, 6) is -0.295. The molecule has 0 rings (SSSR count). The Morgan fingerprint density at radius 2 is 2.07 bits per heavy atom. The largest absolute Gasteiger partial charge is 0.455 e. The van der Waals surface area contributed by atoms with Gasteiger partial charge in [0.1, 0.15) is 5.60 Å². The number of hydrogen-bond acceptors (Lipinski definition) is 2. The molecule has 0 unspecified atom stereocenters. The van der Waals surface area contributed by atoms with E-state index in [1.54, 1.807) is 6.08 Å². The fourth-order valence-corrected chi connectivity index (χ4v) is 0.989. The summed E-state index contributed by atoms with van der Waals surface area (Å²) in [6.45, 7) is 12.5. The molecule has 0 heterocycles. The van der Waals surface area contributed by atoms with E-state index < -0.39 is 5.60 Å². The second-order valence-corrected chi connectivity index (χ2v) is 3.56. The van der Waals surface area contributed by atoms with E-state index in [2.05, 4.69) is 13.2 Å². The Balaban J connectivity index is 4.32. The fourth-order valence-electron chi connectivity index (χ4n) is 0.989. The summed E-state index contributed by atoms with van der Waals surface area (Å²) >= 11 is 0. The van der Waals surface area contributed by atoms with E-state index in [9.17, 15) is 4.79 Å². The van der Waals surface area contributed by atoms with Crippen LogP contribution in [0.25, 0.3) is 0 Å². The van der Waals surface area contributed by atoms with E-state index >= 15 is 0 Å². The molecular formula is C12H18O2. The summed E-state index contributed by atoms with van der Waals surface area (Å²) in [5.41, 5.74) is 0.358. The zero-order valence-corrected chi connectivity index (χ0v) is 9.17. The zero-order chi connectivity index (χ0) is 11.2. The molecule has 0 saturated carbocycles. The van der Waals surface area contributed by atoms with Crippen LogP contribution in [0.5, 0.6) is 0 Å². The molecule has 0 bridgehead atoms. The van der Waals surface area contributed by atoms with Gasteiger partial charge in [-0.2, -0.15) is 0 Å². The molecule has 0 aliphatic rings. The minimum Gasteiger partial charge on any atom is -0.455 e. The molecule has 14 heavy (non-hydrogen) atoms. The van der Waals surface area contributed by atoms with Gasteiger partial charge < -0.3 is 4.74 Å². The molecule has 78 valence electrons. The molecule has 0 fully saturated rings. The van der Waals surface area contributed by atoms with Gasteiger partial charge >= 0.3 is 5.97 Å². The van der Waals surface area contributed by atoms with Gasteiger partial charge in [0.2, 0.25) is 0 Å². The highest BCUT2D eigenvalue weighted by Gasteiger charge is 2.21. The Hall–Kier alpha value is -1.31. The average molecular weight is 194 g/mol. The lowest BCUT2D eigenvalue weighted by molar-refractivity contribution is -0.150. The molecule has 0 radical (unpaired) electrons. The van der Waals surface area contributed by atoms with E-state index in [0.29, 0.717) is 6.42 Å². The van der Waals surface area contributed by atoms with E-state index in [-0.39, 0.29) is 5.97 Å². The first-order valence-electron chi connectivity index (χ1n) is 4.55. The minimum absolute atomic E-state index is 0.295. The van der Waals surface area contributed by atoms with Crippen LogP contribution < -0.4 is 0 Å². The van der Waals surface area contributed by atoms with Gasteiger partial charge in [0.15, 0.2) is 0 Å². The lowest BCUT2D eigenvalue weighted by Gasteiger charge is -2.23. The Labute approximate surface area is 86.0 Å². The summed E-state index contributed by atoms with van der Waals surface area (Å²) in [6.07, 6.45) is 6.07. The van der Waals surface area contributed by atoms with Gasteiger partial charge in [-0.3, -0.25) is 4.79 Å². The maximum atomic E-state index is 10.8. The van der Waals surface area contributed by atoms with Crippen LogP contribution in [0.2, 0.25) is 0 Å². The SMILES string of the molecule is C=C[C@@](C)(C/C=C/C(=C)C)OC(C)=O. The third-order valence-electron chi connectivity index (χ3n) is 1.73. The number of esters is 1. The van der Waals surface area contributed by atoms with E-state index in [1.807, 2.05) is 26.0 Å². The van der Waals surface area contributed by atoms with Crippen molar-refractivity contribution < 1.29 is 9.53 Å². The molecule has 0 aliphatic heterocycles. The van der Waals surface area contributed by atoms with Crippen LogP contribution in [0.15, 0.2) is 37.0 Å². The summed E-state index contributed by atoms with van der Waals surface area (Å²) in [7, 11) is 0. The third-order valence-corrected chi connectivity index (χ3v) is 1.73. The van der Waals surface area contributed by atoms with Crippen molar-refractivity contribution in [2.75, 3.05) is 0 Å².